The molecule has 1 aliphatic carbocycles. The van der Waals surface area contributed by atoms with Crippen LogP contribution in [0.5, 0.6) is 0 Å². The lowest BCUT2D eigenvalue weighted by atomic mass is 9.80. The largest absolute Gasteiger partial charge is 0.327 e. The fraction of sp³-hybridized carbons (Fsp3) is 0.625. The van der Waals surface area contributed by atoms with Crippen molar-refractivity contribution in [3.63, 3.8) is 0 Å². The zero-order valence-electron chi connectivity index (χ0n) is 12.3. The van der Waals surface area contributed by atoms with Gasteiger partial charge in [0.1, 0.15) is 0 Å². The van der Waals surface area contributed by atoms with Gasteiger partial charge in [-0.1, -0.05) is 38.1 Å². The van der Waals surface area contributed by atoms with Gasteiger partial charge >= 0.3 is 0 Å². The molecule has 0 heterocycles. The van der Waals surface area contributed by atoms with Gasteiger partial charge in [0.2, 0.25) is 0 Å². The first kappa shape index (κ1) is 16.2. The molecule has 1 fully saturated rings. The van der Waals surface area contributed by atoms with E-state index in [0.29, 0.717) is 19.1 Å². The molecule has 1 saturated carbocycles. The highest BCUT2D eigenvalue weighted by molar-refractivity contribution is 5.21. The Morgan fingerprint density at radius 1 is 0.947 bits per heavy atom. The van der Waals surface area contributed by atoms with Gasteiger partial charge in [-0.05, 0) is 42.2 Å². The highest BCUT2D eigenvalue weighted by atomic mass is 14.7. The zero-order valence-corrected chi connectivity index (χ0v) is 12.3. The van der Waals surface area contributed by atoms with Crippen LogP contribution in [0.4, 0.5) is 0 Å². The normalized spacial score (nSPS) is 26.5. The van der Waals surface area contributed by atoms with E-state index in [1.165, 1.54) is 19.3 Å². The molecular weight excluding hydrogens is 234 g/mol. The van der Waals surface area contributed by atoms with E-state index < -0.39 is 0 Å². The Labute approximate surface area is 117 Å². The van der Waals surface area contributed by atoms with Crippen molar-refractivity contribution < 1.29 is 0 Å². The van der Waals surface area contributed by atoms with Gasteiger partial charge in [-0.25, -0.2) is 0 Å². The van der Waals surface area contributed by atoms with Crippen LogP contribution in [0.1, 0.15) is 44.2 Å². The minimum absolute atomic E-state index is 0.487. The number of hydrogen-bond acceptors (Lipinski definition) is 3. The third kappa shape index (κ3) is 5.72. The highest BCUT2D eigenvalue weighted by Gasteiger charge is 2.21. The molecule has 0 aromatic heterocycles. The summed E-state index contributed by atoms with van der Waals surface area (Å²) in [6, 6.07) is 8.50. The summed E-state index contributed by atoms with van der Waals surface area (Å²) in [5.74, 6) is 1.67. The number of nitrogens with two attached hydrogens (primary N) is 3. The zero-order chi connectivity index (χ0) is 14.3. The monoisotopic (exact) mass is 263 g/mol. The Kier molecular flexibility index (Phi) is 7.06. The quantitative estimate of drug-likeness (QED) is 0.766. The molecule has 19 heavy (non-hydrogen) atoms. The number of benzene rings is 1. The standard InChI is InChI=1S/C8H12N2.C8H17N/c9-5-7-1-2-8(6-10)4-3-7;1-6-3-4-8(9)7(2)5-6/h1-4H,5-6,9-10H2;6-8H,3-5,9H2,1-2H3. The van der Waals surface area contributed by atoms with E-state index in [9.17, 15) is 0 Å². The molecule has 0 spiro atoms. The Morgan fingerprint density at radius 3 is 1.74 bits per heavy atom. The fourth-order valence-electron chi connectivity index (χ4n) is 2.50. The van der Waals surface area contributed by atoms with Crippen molar-refractivity contribution in [1.29, 1.82) is 0 Å². The van der Waals surface area contributed by atoms with Gasteiger partial charge in [-0.15, -0.1) is 0 Å². The molecule has 6 N–H and O–H groups in total. The maximum atomic E-state index is 5.84. The Morgan fingerprint density at radius 2 is 1.42 bits per heavy atom. The van der Waals surface area contributed by atoms with Crippen LogP contribution in [0.3, 0.4) is 0 Å². The summed E-state index contributed by atoms with van der Waals surface area (Å²) in [6.45, 7) is 5.79. The highest BCUT2D eigenvalue weighted by Crippen LogP contribution is 2.26. The summed E-state index contributed by atoms with van der Waals surface area (Å²) in [6.07, 6.45) is 3.91. The molecule has 0 aliphatic heterocycles. The fourth-order valence-corrected chi connectivity index (χ4v) is 2.50. The molecule has 3 heteroatoms. The van der Waals surface area contributed by atoms with E-state index in [-0.39, 0.29) is 0 Å². The average molecular weight is 263 g/mol. The molecule has 108 valence electrons. The maximum Gasteiger partial charge on any atom is 0.0178 e. The van der Waals surface area contributed by atoms with Crippen LogP contribution in [0.25, 0.3) is 0 Å². The first-order chi connectivity index (χ1) is 9.06. The van der Waals surface area contributed by atoms with E-state index in [2.05, 4.69) is 13.8 Å². The van der Waals surface area contributed by atoms with Crippen LogP contribution in [0, 0.1) is 11.8 Å². The van der Waals surface area contributed by atoms with Crippen molar-refractivity contribution >= 4 is 0 Å². The smallest absolute Gasteiger partial charge is 0.0178 e. The van der Waals surface area contributed by atoms with Crippen LogP contribution < -0.4 is 17.2 Å². The topological polar surface area (TPSA) is 78.1 Å². The molecule has 0 radical (unpaired) electrons. The summed E-state index contributed by atoms with van der Waals surface area (Å²) in [5, 5.41) is 0. The molecule has 0 bridgehead atoms. The molecule has 3 atom stereocenters. The molecule has 1 aromatic carbocycles. The summed E-state index contributed by atoms with van der Waals surface area (Å²) in [4.78, 5) is 0. The average Bonchev–Trinajstić information content (AvgIpc) is 2.44. The summed E-state index contributed by atoms with van der Waals surface area (Å²) >= 11 is 0. The summed E-state index contributed by atoms with van der Waals surface area (Å²) in [5.41, 5.74) is 19.0. The number of hydrogen-bond donors (Lipinski definition) is 3. The van der Waals surface area contributed by atoms with Gasteiger partial charge in [-0.3, -0.25) is 0 Å². The lowest BCUT2D eigenvalue weighted by Crippen LogP contribution is -2.33. The van der Waals surface area contributed by atoms with Crippen molar-refractivity contribution in [1.82, 2.24) is 0 Å². The van der Waals surface area contributed by atoms with Crippen molar-refractivity contribution in [3.8, 4) is 0 Å². The predicted molar refractivity (Wildman–Crippen MR) is 82.4 cm³/mol. The lowest BCUT2D eigenvalue weighted by Gasteiger charge is -2.29. The Hall–Kier alpha value is -0.900. The molecule has 3 nitrogen and oxygen atoms in total. The molecule has 1 aliphatic rings. The molecular formula is C16H29N3. The molecule has 1 aromatic rings. The van der Waals surface area contributed by atoms with E-state index >= 15 is 0 Å². The minimum Gasteiger partial charge on any atom is -0.327 e. The van der Waals surface area contributed by atoms with E-state index in [1.54, 1.807) is 0 Å². The summed E-state index contributed by atoms with van der Waals surface area (Å²) in [7, 11) is 0. The first-order valence-corrected chi connectivity index (χ1v) is 7.30. The number of rotatable bonds is 2. The van der Waals surface area contributed by atoms with Crippen LogP contribution in [0.15, 0.2) is 24.3 Å². The van der Waals surface area contributed by atoms with E-state index in [1.807, 2.05) is 24.3 Å². The van der Waals surface area contributed by atoms with Crippen molar-refractivity contribution in [2.24, 2.45) is 29.0 Å². The van der Waals surface area contributed by atoms with E-state index in [0.717, 1.165) is 23.0 Å². The van der Waals surface area contributed by atoms with Crippen molar-refractivity contribution in [2.75, 3.05) is 0 Å². The maximum absolute atomic E-state index is 5.84. The van der Waals surface area contributed by atoms with Crippen LogP contribution in [-0.2, 0) is 13.1 Å². The Bertz CT molecular complexity index is 325. The second kappa shape index (κ2) is 8.31. The van der Waals surface area contributed by atoms with Gasteiger partial charge in [0, 0.05) is 19.1 Å². The van der Waals surface area contributed by atoms with Crippen molar-refractivity contribution in [2.45, 2.75) is 52.2 Å². The summed E-state index contributed by atoms with van der Waals surface area (Å²) < 4.78 is 0. The Balaban J connectivity index is 0.000000191. The molecule has 3 unspecified atom stereocenters. The van der Waals surface area contributed by atoms with Crippen LogP contribution >= 0.6 is 0 Å². The van der Waals surface area contributed by atoms with Crippen molar-refractivity contribution in [3.05, 3.63) is 35.4 Å². The van der Waals surface area contributed by atoms with Gasteiger partial charge in [0.25, 0.3) is 0 Å². The third-order valence-corrected chi connectivity index (χ3v) is 3.99. The predicted octanol–water partition coefficient (Wildman–Crippen LogP) is 2.37. The SMILES string of the molecule is CC1CCC(N)C(C)C1.NCc1ccc(CN)cc1. The minimum atomic E-state index is 0.487. The molecule has 2 rings (SSSR count). The van der Waals surface area contributed by atoms with Crippen LogP contribution in [-0.4, -0.2) is 6.04 Å². The first-order valence-electron chi connectivity index (χ1n) is 7.30. The lowest BCUT2D eigenvalue weighted by molar-refractivity contribution is 0.263. The second-order valence-electron chi connectivity index (χ2n) is 5.78. The van der Waals surface area contributed by atoms with Gasteiger partial charge in [0.15, 0.2) is 0 Å². The van der Waals surface area contributed by atoms with Crippen LogP contribution in [0.2, 0.25) is 0 Å². The second-order valence-corrected chi connectivity index (χ2v) is 5.78. The van der Waals surface area contributed by atoms with Gasteiger partial charge in [-0.2, -0.15) is 0 Å². The van der Waals surface area contributed by atoms with Gasteiger partial charge in [0.05, 0.1) is 0 Å². The molecule has 0 amide bonds. The van der Waals surface area contributed by atoms with Gasteiger partial charge < -0.3 is 17.2 Å². The molecule has 0 saturated heterocycles. The third-order valence-electron chi connectivity index (χ3n) is 3.99. The van der Waals surface area contributed by atoms with E-state index in [4.69, 9.17) is 17.2 Å².